The monoisotopic (exact) mass is 438 g/mol. The summed E-state index contributed by atoms with van der Waals surface area (Å²) >= 11 is 0. The molecule has 0 aliphatic heterocycles. The molecule has 31 heavy (non-hydrogen) atoms. The topological polar surface area (TPSA) is 18.5 Å². The van der Waals surface area contributed by atoms with Crippen molar-refractivity contribution in [3.05, 3.63) is 72.8 Å². The minimum atomic E-state index is -2.68. The first-order chi connectivity index (χ1) is 15.3. The molecular weight excluding hydrogens is 396 g/mol. The third-order valence-electron chi connectivity index (χ3n) is 5.64. The zero-order chi connectivity index (χ0) is 22.0. The highest BCUT2D eigenvalue weighted by Crippen LogP contribution is 2.12. The van der Waals surface area contributed by atoms with E-state index in [1.165, 1.54) is 68.2 Å². The molecule has 0 amide bonds. The molecule has 0 aromatic heterocycles. The largest absolute Gasteiger partial charge is 0.407 e. The summed E-state index contributed by atoms with van der Waals surface area (Å²) in [6.45, 7) is 5.66. The molecule has 0 aliphatic rings. The van der Waals surface area contributed by atoms with Crippen LogP contribution in [0.2, 0.25) is 0 Å². The molecule has 0 aliphatic carbocycles. The van der Waals surface area contributed by atoms with Gasteiger partial charge in [-0.2, -0.15) is 0 Å². The van der Waals surface area contributed by atoms with Gasteiger partial charge in [-0.3, -0.25) is 0 Å². The Bertz CT molecular complexity index is 660. The fourth-order valence-corrected chi connectivity index (χ4v) is 7.12. The zero-order valence-corrected chi connectivity index (χ0v) is 20.7. The lowest BCUT2D eigenvalue weighted by atomic mass is 10.1. The fraction of sp³-hybridized carbons (Fsp3) is 0.500. The average Bonchev–Trinajstić information content (AvgIpc) is 2.82. The van der Waals surface area contributed by atoms with E-state index in [-0.39, 0.29) is 0 Å². The van der Waals surface area contributed by atoms with Crippen LogP contribution in [0, 0.1) is 0 Å². The Morgan fingerprint density at radius 2 is 1.13 bits per heavy atom. The Morgan fingerprint density at radius 3 is 1.68 bits per heavy atom. The lowest BCUT2D eigenvalue weighted by molar-refractivity contribution is 0.202. The van der Waals surface area contributed by atoms with Crippen molar-refractivity contribution in [3.8, 4) is 0 Å². The lowest BCUT2D eigenvalue weighted by Crippen LogP contribution is -2.63. The number of rotatable bonds is 17. The first-order valence-corrected chi connectivity index (χ1v) is 14.2. The summed E-state index contributed by atoms with van der Waals surface area (Å²) < 4.78 is 13.0. The lowest BCUT2D eigenvalue weighted by Gasteiger charge is -2.31. The predicted octanol–water partition coefficient (Wildman–Crippen LogP) is 6.77. The van der Waals surface area contributed by atoms with Crippen LogP contribution in [0.4, 0.5) is 0 Å². The second-order valence-electron chi connectivity index (χ2n) is 8.15. The zero-order valence-electron chi connectivity index (χ0n) is 19.7. The average molecular weight is 439 g/mol. The molecule has 0 saturated carbocycles. The van der Waals surface area contributed by atoms with E-state index < -0.39 is 8.56 Å². The number of allylic oxidation sites excluding steroid dienone is 1. The van der Waals surface area contributed by atoms with Crippen LogP contribution in [0.25, 0.3) is 0 Å². The third kappa shape index (κ3) is 9.14. The summed E-state index contributed by atoms with van der Waals surface area (Å²) in [6, 6.07) is 21.0. The first kappa shape index (κ1) is 25.6. The normalized spacial score (nSPS) is 11.9. The Balaban J connectivity index is 1.80. The molecule has 170 valence electrons. The Hall–Kier alpha value is -1.68. The van der Waals surface area contributed by atoms with Crippen LogP contribution < -0.4 is 10.4 Å². The highest BCUT2D eigenvalue weighted by atomic mass is 28.4. The number of benzene rings is 2. The van der Waals surface area contributed by atoms with Crippen molar-refractivity contribution >= 4 is 18.9 Å². The highest BCUT2D eigenvalue weighted by Gasteiger charge is 2.42. The highest BCUT2D eigenvalue weighted by molar-refractivity contribution is 6.92. The van der Waals surface area contributed by atoms with Crippen LogP contribution in [-0.4, -0.2) is 21.8 Å². The summed E-state index contributed by atoms with van der Waals surface area (Å²) in [5.41, 5.74) is 0. The smallest absolute Gasteiger partial charge is 0.388 e. The maximum Gasteiger partial charge on any atom is 0.407 e. The third-order valence-corrected chi connectivity index (χ3v) is 9.13. The van der Waals surface area contributed by atoms with E-state index in [0.717, 1.165) is 6.42 Å². The summed E-state index contributed by atoms with van der Waals surface area (Å²) in [7, 11) is -2.68. The van der Waals surface area contributed by atoms with Crippen LogP contribution in [0.5, 0.6) is 0 Å². The van der Waals surface area contributed by atoms with Crippen molar-refractivity contribution in [2.24, 2.45) is 0 Å². The van der Waals surface area contributed by atoms with Gasteiger partial charge >= 0.3 is 8.56 Å². The summed E-state index contributed by atoms with van der Waals surface area (Å²) in [6.07, 6.45) is 17.7. The molecule has 0 unspecified atom stereocenters. The van der Waals surface area contributed by atoms with Gasteiger partial charge in [0.1, 0.15) is 0 Å². The van der Waals surface area contributed by atoms with E-state index in [0.29, 0.717) is 13.2 Å². The Labute approximate surface area is 191 Å². The number of unbranched alkanes of at least 4 members (excludes halogenated alkanes) is 8. The quantitative estimate of drug-likeness (QED) is 0.154. The Kier molecular flexibility index (Phi) is 13.2. The second kappa shape index (κ2) is 16.0. The molecular formula is C28H42O2Si. The van der Waals surface area contributed by atoms with Crippen LogP contribution >= 0.6 is 0 Å². The van der Waals surface area contributed by atoms with E-state index >= 15 is 0 Å². The first-order valence-electron chi connectivity index (χ1n) is 12.4. The molecule has 0 atom stereocenters. The summed E-state index contributed by atoms with van der Waals surface area (Å²) in [4.78, 5) is 0. The van der Waals surface area contributed by atoms with E-state index in [9.17, 15) is 0 Å². The van der Waals surface area contributed by atoms with Gasteiger partial charge in [0.15, 0.2) is 0 Å². The molecule has 2 nitrogen and oxygen atoms in total. The van der Waals surface area contributed by atoms with Crippen molar-refractivity contribution in [2.75, 3.05) is 13.2 Å². The summed E-state index contributed by atoms with van der Waals surface area (Å²) in [5, 5.41) is 2.34. The molecule has 2 aromatic carbocycles. The van der Waals surface area contributed by atoms with Crippen molar-refractivity contribution in [1.29, 1.82) is 0 Å². The van der Waals surface area contributed by atoms with Crippen LogP contribution in [0.3, 0.4) is 0 Å². The minimum Gasteiger partial charge on any atom is -0.388 e. The molecule has 0 saturated heterocycles. The van der Waals surface area contributed by atoms with E-state index in [1.54, 1.807) is 0 Å². The van der Waals surface area contributed by atoms with Gasteiger partial charge in [0.05, 0.1) is 0 Å². The van der Waals surface area contributed by atoms with E-state index in [4.69, 9.17) is 8.85 Å². The van der Waals surface area contributed by atoms with Gasteiger partial charge in [0, 0.05) is 13.2 Å². The maximum absolute atomic E-state index is 6.60. The SMILES string of the molecule is CCCCCCCCCC/C=C/CCO[Si](OCC)(c1ccccc1)c1ccccc1. The Morgan fingerprint density at radius 1 is 0.613 bits per heavy atom. The summed E-state index contributed by atoms with van der Waals surface area (Å²) in [5.74, 6) is 0. The van der Waals surface area contributed by atoms with Crippen LogP contribution in [0.15, 0.2) is 72.8 Å². The molecule has 0 N–H and O–H groups in total. The van der Waals surface area contributed by atoms with Crippen LogP contribution in [0.1, 0.15) is 78.1 Å². The van der Waals surface area contributed by atoms with Crippen molar-refractivity contribution in [3.63, 3.8) is 0 Å². The van der Waals surface area contributed by atoms with E-state index in [2.05, 4.69) is 74.5 Å². The predicted molar refractivity (Wildman–Crippen MR) is 136 cm³/mol. The van der Waals surface area contributed by atoms with Gasteiger partial charge in [0.2, 0.25) is 0 Å². The molecule has 0 spiro atoms. The van der Waals surface area contributed by atoms with E-state index in [1.807, 2.05) is 12.1 Å². The van der Waals surface area contributed by atoms with Gasteiger partial charge in [-0.1, -0.05) is 125 Å². The minimum absolute atomic E-state index is 0.643. The van der Waals surface area contributed by atoms with Gasteiger partial charge < -0.3 is 8.85 Å². The molecule has 3 heteroatoms. The molecule has 0 radical (unpaired) electrons. The second-order valence-corrected chi connectivity index (χ2v) is 11.1. The molecule has 2 rings (SSSR count). The maximum atomic E-state index is 6.60. The molecule has 0 fully saturated rings. The van der Waals surface area contributed by atoms with Gasteiger partial charge in [-0.25, -0.2) is 0 Å². The van der Waals surface area contributed by atoms with Gasteiger partial charge in [0.25, 0.3) is 0 Å². The molecule has 0 bridgehead atoms. The standard InChI is InChI=1S/C28H42O2Si/c1-3-5-6-7-8-9-10-11-12-13-14-21-26-30-31(29-4-2,27-22-17-15-18-23-27)28-24-19-16-20-25-28/h13-20,22-25H,3-12,21,26H2,1-2H3/b14-13+. The van der Waals surface area contributed by atoms with Crippen molar-refractivity contribution in [1.82, 2.24) is 0 Å². The van der Waals surface area contributed by atoms with Crippen molar-refractivity contribution < 1.29 is 8.85 Å². The molecule has 2 aromatic rings. The van der Waals surface area contributed by atoms with Gasteiger partial charge in [-0.05, 0) is 36.6 Å². The fourth-order valence-electron chi connectivity index (χ4n) is 3.96. The van der Waals surface area contributed by atoms with Crippen molar-refractivity contribution in [2.45, 2.75) is 78.1 Å². The number of hydrogen-bond acceptors (Lipinski definition) is 2. The van der Waals surface area contributed by atoms with Crippen LogP contribution in [-0.2, 0) is 8.85 Å². The van der Waals surface area contributed by atoms with Gasteiger partial charge in [-0.15, -0.1) is 0 Å². The molecule has 0 heterocycles. The number of hydrogen-bond donors (Lipinski definition) is 0.